The summed E-state index contributed by atoms with van der Waals surface area (Å²) in [6.07, 6.45) is 0.991. The molecule has 2 aliphatic rings. The molecule has 3 aromatic carbocycles. The number of phenolic OH excluding ortho intramolecular Hbond substituents is 1. The summed E-state index contributed by atoms with van der Waals surface area (Å²) in [6, 6.07) is 15.5. The van der Waals surface area contributed by atoms with Crippen molar-refractivity contribution in [2.45, 2.75) is 0 Å². The van der Waals surface area contributed by atoms with Gasteiger partial charge in [0.25, 0.3) is 6.71 Å². The molecule has 0 saturated carbocycles. The Morgan fingerprint density at radius 1 is 0.815 bits per heavy atom. The molecule has 27 heavy (non-hydrogen) atoms. The smallest absolute Gasteiger partial charge is 0.306 e. The highest BCUT2D eigenvalue weighted by Gasteiger charge is 2.43. The van der Waals surface area contributed by atoms with Crippen LogP contribution >= 0.6 is 0 Å². The van der Waals surface area contributed by atoms with Crippen LogP contribution < -0.4 is 30.0 Å². The highest BCUT2D eigenvalue weighted by atomic mass is 32.2. The highest BCUT2D eigenvalue weighted by molar-refractivity contribution is 7.86. The summed E-state index contributed by atoms with van der Waals surface area (Å²) in [7, 11) is -3.75. The number of benzene rings is 3. The first-order valence-corrected chi connectivity index (χ1v) is 10.1. The van der Waals surface area contributed by atoms with E-state index in [4.69, 9.17) is 13.7 Å². The molecule has 8 heteroatoms. The summed E-state index contributed by atoms with van der Waals surface area (Å²) in [5.74, 6) is 2.39. The molecule has 0 radical (unpaired) electrons. The molecule has 3 aromatic rings. The number of hydrogen-bond donors (Lipinski definition) is 1. The van der Waals surface area contributed by atoms with Gasteiger partial charge in [-0.2, -0.15) is 8.42 Å². The molecular weight excluding hydrogens is 367 g/mol. The normalized spacial score (nSPS) is 13.6. The van der Waals surface area contributed by atoms with Gasteiger partial charge in [0.05, 0.1) is 6.26 Å². The minimum Gasteiger partial charge on any atom is -0.508 e. The van der Waals surface area contributed by atoms with Gasteiger partial charge in [0.1, 0.15) is 34.5 Å². The number of fused-ring (bicyclic) bond motifs is 4. The predicted molar refractivity (Wildman–Crippen MR) is 101 cm³/mol. The third-order valence-corrected chi connectivity index (χ3v) is 5.12. The fraction of sp³-hybridized carbons (Fsp3) is 0.0526. The standard InChI is InChI=1S/C19H13BO6S/c1-27(22,23)26-16-10-4-9-15-19(16)20-17-11(21)5-2-6-12(17)24-13-7-3-8-14(25-15)18(13)20/h2-10,21H,1H3. The number of hydrogen-bond acceptors (Lipinski definition) is 6. The average molecular weight is 380 g/mol. The average Bonchev–Trinajstić information content (AvgIpc) is 2.60. The maximum atomic E-state index is 11.8. The number of ether oxygens (including phenoxy) is 2. The van der Waals surface area contributed by atoms with Crippen molar-refractivity contribution in [3.63, 3.8) is 0 Å². The van der Waals surface area contributed by atoms with Crippen LogP contribution in [0.15, 0.2) is 54.6 Å². The van der Waals surface area contributed by atoms with Crippen molar-refractivity contribution in [1.82, 2.24) is 0 Å². The third kappa shape index (κ3) is 2.44. The van der Waals surface area contributed by atoms with E-state index in [1.807, 2.05) is 18.2 Å². The van der Waals surface area contributed by atoms with Crippen molar-refractivity contribution in [3.05, 3.63) is 54.6 Å². The van der Waals surface area contributed by atoms with Crippen LogP contribution in [0.4, 0.5) is 0 Å². The molecule has 2 heterocycles. The third-order valence-electron chi connectivity index (χ3n) is 4.64. The summed E-state index contributed by atoms with van der Waals surface area (Å²) in [5, 5.41) is 10.6. The van der Waals surface area contributed by atoms with Gasteiger partial charge in [0, 0.05) is 16.4 Å². The number of phenols is 1. The lowest BCUT2D eigenvalue weighted by molar-refractivity contribution is 0.451. The minimum absolute atomic E-state index is 0.0555. The van der Waals surface area contributed by atoms with E-state index in [1.54, 1.807) is 36.4 Å². The van der Waals surface area contributed by atoms with Crippen molar-refractivity contribution in [1.29, 1.82) is 0 Å². The quantitative estimate of drug-likeness (QED) is 0.369. The van der Waals surface area contributed by atoms with Crippen LogP contribution in [0.1, 0.15) is 0 Å². The number of rotatable bonds is 2. The van der Waals surface area contributed by atoms with Gasteiger partial charge < -0.3 is 18.8 Å². The Bertz CT molecular complexity index is 1170. The zero-order valence-corrected chi connectivity index (χ0v) is 15.0. The zero-order valence-electron chi connectivity index (χ0n) is 14.2. The highest BCUT2D eigenvalue weighted by Crippen LogP contribution is 2.37. The Labute approximate surface area is 156 Å². The zero-order chi connectivity index (χ0) is 18.8. The molecule has 0 amide bonds. The SMILES string of the molecule is CS(=O)(=O)Oc1cccc2c1B1c3c(O)cccc3Oc3cccc(c31)O2. The second kappa shape index (κ2) is 5.44. The second-order valence-corrected chi connectivity index (χ2v) is 8.02. The Morgan fingerprint density at radius 2 is 1.33 bits per heavy atom. The molecule has 0 bridgehead atoms. The monoisotopic (exact) mass is 380 g/mol. The van der Waals surface area contributed by atoms with Gasteiger partial charge in [0.2, 0.25) is 0 Å². The van der Waals surface area contributed by atoms with E-state index in [9.17, 15) is 13.5 Å². The lowest BCUT2D eigenvalue weighted by atomic mass is 9.34. The van der Waals surface area contributed by atoms with Gasteiger partial charge in [-0.1, -0.05) is 18.2 Å². The van der Waals surface area contributed by atoms with Crippen molar-refractivity contribution >= 4 is 33.2 Å². The van der Waals surface area contributed by atoms with Gasteiger partial charge in [-0.05, 0) is 36.4 Å². The predicted octanol–water partition coefficient (Wildman–Crippen LogP) is 1.46. The van der Waals surface area contributed by atoms with E-state index in [2.05, 4.69) is 0 Å². The van der Waals surface area contributed by atoms with Crippen LogP contribution in [0.3, 0.4) is 0 Å². The van der Waals surface area contributed by atoms with E-state index in [-0.39, 0.29) is 11.5 Å². The van der Waals surface area contributed by atoms with Crippen LogP contribution in [0.2, 0.25) is 0 Å². The van der Waals surface area contributed by atoms with Gasteiger partial charge in [-0.15, -0.1) is 0 Å². The maximum absolute atomic E-state index is 11.8. The van der Waals surface area contributed by atoms with E-state index in [1.165, 1.54) is 0 Å². The molecule has 0 aliphatic carbocycles. The van der Waals surface area contributed by atoms with Crippen LogP contribution in [-0.4, -0.2) is 26.5 Å². The molecule has 0 spiro atoms. The molecule has 6 nitrogen and oxygen atoms in total. The topological polar surface area (TPSA) is 82.1 Å². The Morgan fingerprint density at radius 3 is 1.96 bits per heavy atom. The van der Waals surface area contributed by atoms with Crippen LogP contribution in [0, 0.1) is 0 Å². The van der Waals surface area contributed by atoms with E-state index in [0.717, 1.165) is 11.7 Å². The second-order valence-electron chi connectivity index (χ2n) is 6.45. The van der Waals surface area contributed by atoms with Crippen molar-refractivity contribution in [2.24, 2.45) is 0 Å². The molecule has 0 aromatic heterocycles. The van der Waals surface area contributed by atoms with Crippen LogP contribution in [0.25, 0.3) is 0 Å². The first-order valence-electron chi connectivity index (χ1n) is 8.25. The van der Waals surface area contributed by atoms with Crippen molar-refractivity contribution in [2.75, 3.05) is 6.26 Å². The van der Waals surface area contributed by atoms with Crippen molar-refractivity contribution < 1.29 is 27.2 Å². The van der Waals surface area contributed by atoms with E-state index < -0.39 is 16.8 Å². The maximum Gasteiger partial charge on any atom is 0.306 e. The molecule has 0 saturated heterocycles. The number of aromatic hydroxyl groups is 1. The fourth-order valence-electron chi connectivity index (χ4n) is 3.70. The summed E-state index contributed by atoms with van der Waals surface area (Å²) in [4.78, 5) is 0. The van der Waals surface area contributed by atoms with Gasteiger partial charge in [-0.3, -0.25) is 0 Å². The molecule has 0 atom stereocenters. The molecule has 2 aliphatic heterocycles. The summed E-state index contributed by atoms with van der Waals surface area (Å²) >= 11 is 0. The first-order chi connectivity index (χ1) is 12.9. The molecular formula is C19H13BO6S. The molecule has 0 fully saturated rings. The van der Waals surface area contributed by atoms with Crippen molar-refractivity contribution in [3.8, 4) is 34.5 Å². The summed E-state index contributed by atoms with van der Waals surface area (Å²) in [6.45, 7) is -0.483. The molecule has 134 valence electrons. The molecule has 0 unspecified atom stereocenters. The Kier molecular flexibility index (Phi) is 3.24. The van der Waals surface area contributed by atoms with E-state index in [0.29, 0.717) is 33.9 Å². The van der Waals surface area contributed by atoms with Gasteiger partial charge >= 0.3 is 10.1 Å². The Balaban J connectivity index is 1.85. The van der Waals surface area contributed by atoms with Crippen LogP contribution in [0.5, 0.6) is 34.5 Å². The Hall–Kier alpha value is -3.13. The summed E-state index contributed by atoms with van der Waals surface area (Å²) < 4.78 is 40.8. The lowest BCUT2D eigenvalue weighted by Gasteiger charge is -2.33. The van der Waals surface area contributed by atoms with Crippen LogP contribution in [-0.2, 0) is 10.1 Å². The fourth-order valence-corrected chi connectivity index (χ4v) is 4.17. The molecule has 5 rings (SSSR count). The minimum atomic E-state index is -3.75. The van der Waals surface area contributed by atoms with E-state index >= 15 is 0 Å². The van der Waals surface area contributed by atoms with Gasteiger partial charge in [0.15, 0.2) is 0 Å². The lowest BCUT2D eigenvalue weighted by Crippen LogP contribution is -2.57. The first kappa shape index (κ1) is 16.1. The molecule has 1 N–H and O–H groups in total. The summed E-state index contributed by atoms with van der Waals surface area (Å²) in [5.41, 5.74) is 1.81. The van der Waals surface area contributed by atoms with Gasteiger partial charge in [-0.25, -0.2) is 0 Å². The largest absolute Gasteiger partial charge is 0.508 e.